The number of hydrogen-bond donors (Lipinski definition) is 1. The molecule has 1 aliphatic rings. The second kappa shape index (κ2) is 6.97. The van der Waals surface area contributed by atoms with Gasteiger partial charge in [0.1, 0.15) is 5.41 Å². The second-order valence-electron chi connectivity index (χ2n) is 6.04. The van der Waals surface area contributed by atoms with E-state index in [-0.39, 0.29) is 11.9 Å². The van der Waals surface area contributed by atoms with E-state index in [0.717, 1.165) is 30.6 Å². The Morgan fingerprint density at radius 3 is 2.13 bits per heavy atom. The summed E-state index contributed by atoms with van der Waals surface area (Å²) < 4.78 is 5.54. The molecule has 0 aliphatic carbocycles. The van der Waals surface area contributed by atoms with Gasteiger partial charge in [0.2, 0.25) is 0 Å². The molecule has 0 saturated carbocycles. The first kappa shape index (κ1) is 15.8. The van der Waals surface area contributed by atoms with Crippen LogP contribution in [0.5, 0.6) is 0 Å². The van der Waals surface area contributed by atoms with E-state index in [1.165, 1.54) is 0 Å². The predicted molar refractivity (Wildman–Crippen MR) is 91.3 cm³/mol. The Hall–Kier alpha value is -2.13. The summed E-state index contributed by atoms with van der Waals surface area (Å²) in [6.45, 7) is 4.32. The summed E-state index contributed by atoms with van der Waals surface area (Å²) in [6.07, 6.45) is 1.07. The molecule has 1 atom stereocenters. The number of nitrogens with one attached hydrogen (secondary N) is 1. The predicted octanol–water partition coefficient (Wildman–Crippen LogP) is 3.15. The molecule has 1 heterocycles. The number of ether oxygens (including phenoxy) is 1. The van der Waals surface area contributed by atoms with E-state index in [9.17, 15) is 4.79 Å². The Balaban J connectivity index is 2.08. The molecule has 23 heavy (non-hydrogen) atoms. The molecule has 0 amide bonds. The van der Waals surface area contributed by atoms with Crippen LogP contribution >= 0.6 is 0 Å². The summed E-state index contributed by atoms with van der Waals surface area (Å²) in [5.74, 6) is -0.0513. The highest BCUT2D eigenvalue weighted by molar-refractivity contribution is 5.90. The van der Waals surface area contributed by atoms with Crippen LogP contribution in [0, 0.1) is 5.92 Å². The standard InChI is InChI=1S/C20H23NO2/c1-2-13-21-14-18-15-23-19(22)20(18,16-9-5-3-6-10-16)17-11-7-4-8-12-17/h3-12,18,21H,2,13-15H2,1H3. The van der Waals surface area contributed by atoms with Crippen molar-refractivity contribution in [2.24, 2.45) is 5.92 Å². The number of rotatable bonds is 6. The van der Waals surface area contributed by atoms with Crippen molar-refractivity contribution < 1.29 is 9.53 Å². The lowest BCUT2D eigenvalue weighted by atomic mass is 9.67. The molecule has 1 aliphatic heterocycles. The zero-order valence-corrected chi connectivity index (χ0v) is 13.5. The molecular weight excluding hydrogens is 286 g/mol. The lowest BCUT2D eigenvalue weighted by molar-refractivity contribution is -0.141. The van der Waals surface area contributed by atoms with Gasteiger partial charge in [0, 0.05) is 12.5 Å². The first-order valence-electron chi connectivity index (χ1n) is 8.29. The van der Waals surface area contributed by atoms with Gasteiger partial charge in [-0.05, 0) is 24.1 Å². The van der Waals surface area contributed by atoms with Crippen LogP contribution in [0.4, 0.5) is 0 Å². The van der Waals surface area contributed by atoms with Gasteiger partial charge in [-0.15, -0.1) is 0 Å². The fourth-order valence-corrected chi connectivity index (χ4v) is 3.52. The number of hydrogen-bond acceptors (Lipinski definition) is 3. The maximum absolute atomic E-state index is 12.9. The van der Waals surface area contributed by atoms with Crippen molar-refractivity contribution in [3.05, 3.63) is 71.8 Å². The van der Waals surface area contributed by atoms with Gasteiger partial charge < -0.3 is 10.1 Å². The van der Waals surface area contributed by atoms with E-state index >= 15 is 0 Å². The largest absolute Gasteiger partial charge is 0.464 e. The van der Waals surface area contributed by atoms with E-state index < -0.39 is 5.41 Å². The van der Waals surface area contributed by atoms with Crippen molar-refractivity contribution in [2.45, 2.75) is 18.8 Å². The third-order valence-corrected chi connectivity index (χ3v) is 4.63. The molecule has 3 rings (SSSR count). The molecule has 1 saturated heterocycles. The van der Waals surface area contributed by atoms with Gasteiger partial charge in [0.25, 0.3) is 0 Å². The van der Waals surface area contributed by atoms with Gasteiger partial charge in [0.15, 0.2) is 0 Å². The molecular formula is C20H23NO2. The molecule has 2 aromatic carbocycles. The Labute approximate surface area is 137 Å². The lowest BCUT2D eigenvalue weighted by Crippen LogP contribution is -2.43. The smallest absolute Gasteiger partial charge is 0.321 e. The van der Waals surface area contributed by atoms with Crippen LogP contribution in [0.1, 0.15) is 24.5 Å². The van der Waals surface area contributed by atoms with Gasteiger partial charge in [-0.1, -0.05) is 67.6 Å². The van der Waals surface area contributed by atoms with Crippen molar-refractivity contribution in [2.75, 3.05) is 19.7 Å². The zero-order chi connectivity index (χ0) is 16.1. The van der Waals surface area contributed by atoms with Gasteiger partial charge in [-0.3, -0.25) is 4.79 Å². The van der Waals surface area contributed by atoms with Crippen LogP contribution < -0.4 is 5.32 Å². The van der Waals surface area contributed by atoms with Gasteiger partial charge in [-0.25, -0.2) is 0 Å². The highest BCUT2D eigenvalue weighted by Crippen LogP contribution is 2.44. The molecule has 1 unspecified atom stereocenters. The fraction of sp³-hybridized carbons (Fsp3) is 0.350. The highest BCUT2D eigenvalue weighted by atomic mass is 16.5. The number of esters is 1. The molecule has 0 spiro atoms. The van der Waals surface area contributed by atoms with Crippen LogP contribution in [0.2, 0.25) is 0 Å². The van der Waals surface area contributed by atoms with E-state index in [0.29, 0.717) is 6.61 Å². The van der Waals surface area contributed by atoms with Gasteiger partial charge >= 0.3 is 5.97 Å². The van der Waals surface area contributed by atoms with E-state index in [4.69, 9.17) is 4.74 Å². The lowest BCUT2D eigenvalue weighted by Gasteiger charge is -2.32. The molecule has 0 aromatic heterocycles. The number of carbonyl (C=O) groups excluding carboxylic acids is 1. The Bertz CT molecular complexity index is 600. The average molecular weight is 309 g/mol. The molecule has 1 fully saturated rings. The number of benzene rings is 2. The third kappa shape index (κ3) is 2.77. The SMILES string of the molecule is CCCNCC1COC(=O)C1(c1ccccc1)c1ccccc1. The quantitative estimate of drug-likeness (QED) is 0.658. The Kier molecular flexibility index (Phi) is 4.77. The van der Waals surface area contributed by atoms with Crippen LogP contribution in [0.15, 0.2) is 60.7 Å². The van der Waals surface area contributed by atoms with Gasteiger partial charge in [0.05, 0.1) is 6.61 Å². The van der Waals surface area contributed by atoms with Crippen molar-refractivity contribution in [3.8, 4) is 0 Å². The normalized spacial score (nSPS) is 19.5. The zero-order valence-electron chi connectivity index (χ0n) is 13.5. The Morgan fingerprint density at radius 2 is 1.61 bits per heavy atom. The Morgan fingerprint density at radius 1 is 1.04 bits per heavy atom. The molecule has 3 nitrogen and oxygen atoms in total. The maximum Gasteiger partial charge on any atom is 0.321 e. The van der Waals surface area contributed by atoms with E-state index in [2.05, 4.69) is 12.2 Å². The van der Waals surface area contributed by atoms with Crippen molar-refractivity contribution >= 4 is 5.97 Å². The minimum absolute atomic E-state index is 0.0892. The minimum atomic E-state index is -0.719. The first-order chi connectivity index (χ1) is 11.3. The molecule has 120 valence electrons. The first-order valence-corrected chi connectivity index (χ1v) is 8.29. The van der Waals surface area contributed by atoms with Crippen molar-refractivity contribution in [3.63, 3.8) is 0 Å². The van der Waals surface area contributed by atoms with Crippen LogP contribution in [0.3, 0.4) is 0 Å². The van der Waals surface area contributed by atoms with Crippen LogP contribution in [-0.4, -0.2) is 25.7 Å². The highest BCUT2D eigenvalue weighted by Gasteiger charge is 2.54. The van der Waals surface area contributed by atoms with Crippen molar-refractivity contribution in [1.29, 1.82) is 0 Å². The third-order valence-electron chi connectivity index (χ3n) is 4.63. The second-order valence-corrected chi connectivity index (χ2v) is 6.04. The van der Waals surface area contributed by atoms with E-state index in [1.807, 2.05) is 60.7 Å². The molecule has 0 radical (unpaired) electrons. The molecule has 1 N–H and O–H groups in total. The van der Waals surface area contributed by atoms with E-state index in [1.54, 1.807) is 0 Å². The van der Waals surface area contributed by atoms with Crippen LogP contribution in [-0.2, 0) is 14.9 Å². The minimum Gasteiger partial charge on any atom is -0.464 e. The summed E-state index contributed by atoms with van der Waals surface area (Å²) in [5, 5.41) is 3.46. The monoisotopic (exact) mass is 309 g/mol. The number of cyclic esters (lactones) is 1. The fourth-order valence-electron chi connectivity index (χ4n) is 3.52. The maximum atomic E-state index is 12.9. The topological polar surface area (TPSA) is 38.3 Å². The summed E-state index contributed by atoms with van der Waals surface area (Å²) in [6, 6.07) is 20.0. The summed E-state index contributed by atoms with van der Waals surface area (Å²) in [7, 11) is 0. The van der Waals surface area contributed by atoms with Gasteiger partial charge in [-0.2, -0.15) is 0 Å². The van der Waals surface area contributed by atoms with Crippen molar-refractivity contribution in [1.82, 2.24) is 5.32 Å². The molecule has 3 heteroatoms. The average Bonchev–Trinajstić information content (AvgIpc) is 2.94. The molecule has 2 aromatic rings. The molecule has 0 bridgehead atoms. The summed E-state index contributed by atoms with van der Waals surface area (Å²) in [4.78, 5) is 12.9. The number of carbonyl (C=O) groups is 1. The summed E-state index contributed by atoms with van der Waals surface area (Å²) >= 11 is 0. The van der Waals surface area contributed by atoms with Crippen LogP contribution in [0.25, 0.3) is 0 Å². The summed E-state index contributed by atoms with van der Waals surface area (Å²) in [5.41, 5.74) is 1.30.